The lowest BCUT2D eigenvalue weighted by molar-refractivity contribution is 0.242. The number of aliphatic hydroxyl groups is 1. The Balaban J connectivity index is 2.10. The quantitative estimate of drug-likeness (QED) is 0.422. The van der Waals surface area contributed by atoms with Crippen molar-refractivity contribution in [2.75, 3.05) is 6.61 Å². The SMILES string of the molecule is CC#CCC1OC1CO. The van der Waals surface area contributed by atoms with Gasteiger partial charge in [-0.1, -0.05) is 0 Å². The topological polar surface area (TPSA) is 32.8 Å². The number of aliphatic hydroxyl groups excluding tert-OH is 1. The lowest BCUT2D eigenvalue weighted by atomic mass is 10.2. The van der Waals surface area contributed by atoms with Crippen molar-refractivity contribution in [1.29, 1.82) is 0 Å². The summed E-state index contributed by atoms with van der Waals surface area (Å²) in [7, 11) is 0. The van der Waals surface area contributed by atoms with E-state index < -0.39 is 0 Å². The van der Waals surface area contributed by atoms with Gasteiger partial charge in [-0.25, -0.2) is 0 Å². The molecule has 50 valence electrons. The Hall–Kier alpha value is -0.520. The normalized spacial score (nSPS) is 30.9. The fourth-order valence-electron chi connectivity index (χ4n) is 0.722. The van der Waals surface area contributed by atoms with Crippen molar-refractivity contribution in [2.45, 2.75) is 25.6 Å². The van der Waals surface area contributed by atoms with Crippen LogP contribution in [0.1, 0.15) is 13.3 Å². The zero-order chi connectivity index (χ0) is 6.69. The van der Waals surface area contributed by atoms with Crippen molar-refractivity contribution in [2.24, 2.45) is 0 Å². The molecule has 1 fully saturated rings. The lowest BCUT2D eigenvalue weighted by Gasteiger charge is -1.79. The zero-order valence-electron chi connectivity index (χ0n) is 5.42. The lowest BCUT2D eigenvalue weighted by Crippen LogP contribution is -1.97. The summed E-state index contributed by atoms with van der Waals surface area (Å²) in [5.74, 6) is 5.66. The third kappa shape index (κ3) is 1.70. The summed E-state index contributed by atoms with van der Waals surface area (Å²) in [6, 6.07) is 0. The molecule has 9 heavy (non-hydrogen) atoms. The highest BCUT2D eigenvalue weighted by Gasteiger charge is 2.36. The molecule has 1 heterocycles. The van der Waals surface area contributed by atoms with Gasteiger partial charge in [0.2, 0.25) is 0 Å². The minimum absolute atomic E-state index is 0.0749. The van der Waals surface area contributed by atoms with Gasteiger partial charge >= 0.3 is 0 Å². The standard InChI is InChI=1S/C7H10O2/c1-2-3-4-6-7(5-8)9-6/h6-8H,4-5H2,1H3. The molecule has 0 aromatic rings. The van der Waals surface area contributed by atoms with Crippen LogP contribution in [0.3, 0.4) is 0 Å². The van der Waals surface area contributed by atoms with Crippen molar-refractivity contribution >= 4 is 0 Å². The number of hydrogen-bond donors (Lipinski definition) is 1. The molecule has 0 saturated carbocycles. The summed E-state index contributed by atoms with van der Waals surface area (Å²) < 4.78 is 5.02. The van der Waals surface area contributed by atoms with Crippen LogP contribution in [0.2, 0.25) is 0 Å². The Kier molecular flexibility index (Phi) is 2.10. The Morgan fingerprint density at radius 2 is 2.33 bits per heavy atom. The van der Waals surface area contributed by atoms with Gasteiger partial charge in [0.15, 0.2) is 0 Å². The monoisotopic (exact) mass is 126 g/mol. The maximum atomic E-state index is 8.50. The molecule has 2 unspecified atom stereocenters. The largest absolute Gasteiger partial charge is 0.394 e. The van der Waals surface area contributed by atoms with E-state index in [9.17, 15) is 0 Å². The first-order valence-electron chi connectivity index (χ1n) is 3.04. The highest BCUT2D eigenvalue weighted by Crippen LogP contribution is 2.23. The van der Waals surface area contributed by atoms with Crippen LogP contribution in [0.25, 0.3) is 0 Å². The molecule has 1 aliphatic heterocycles. The van der Waals surface area contributed by atoms with E-state index in [1.54, 1.807) is 6.92 Å². The summed E-state index contributed by atoms with van der Waals surface area (Å²) in [4.78, 5) is 0. The Morgan fingerprint density at radius 1 is 1.56 bits per heavy atom. The molecule has 0 aromatic carbocycles. The predicted molar refractivity (Wildman–Crippen MR) is 33.8 cm³/mol. The van der Waals surface area contributed by atoms with Gasteiger partial charge in [-0.2, -0.15) is 0 Å². The van der Waals surface area contributed by atoms with Crippen LogP contribution in [-0.2, 0) is 4.74 Å². The highest BCUT2D eigenvalue weighted by atomic mass is 16.6. The van der Waals surface area contributed by atoms with Crippen molar-refractivity contribution in [3.63, 3.8) is 0 Å². The second kappa shape index (κ2) is 2.86. The van der Waals surface area contributed by atoms with E-state index in [-0.39, 0.29) is 18.8 Å². The molecule has 0 radical (unpaired) electrons. The maximum absolute atomic E-state index is 8.50. The van der Waals surface area contributed by atoms with Crippen LogP contribution in [0, 0.1) is 11.8 Å². The van der Waals surface area contributed by atoms with Crippen LogP contribution < -0.4 is 0 Å². The fraction of sp³-hybridized carbons (Fsp3) is 0.714. The van der Waals surface area contributed by atoms with Crippen molar-refractivity contribution in [3.05, 3.63) is 0 Å². The van der Waals surface area contributed by atoms with E-state index in [0.717, 1.165) is 6.42 Å². The summed E-state index contributed by atoms with van der Waals surface area (Å²) in [5, 5.41) is 8.50. The molecule has 0 amide bonds. The molecule has 1 aliphatic rings. The Bertz CT molecular complexity index is 143. The van der Waals surface area contributed by atoms with E-state index in [1.807, 2.05) is 0 Å². The molecule has 2 nitrogen and oxygen atoms in total. The summed E-state index contributed by atoms with van der Waals surface area (Å²) in [5.41, 5.74) is 0. The Labute approximate surface area is 54.8 Å². The van der Waals surface area contributed by atoms with Gasteiger partial charge < -0.3 is 9.84 Å². The Morgan fingerprint density at radius 3 is 2.78 bits per heavy atom. The van der Waals surface area contributed by atoms with E-state index in [0.29, 0.717) is 0 Å². The number of epoxide rings is 1. The average Bonchev–Trinajstić information content (AvgIpc) is 2.62. The van der Waals surface area contributed by atoms with Crippen LogP contribution in [-0.4, -0.2) is 23.9 Å². The zero-order valence-corrected chi connectivity index (χ0v) is 5.42. The molecule has 1 saturated heterocycles. The third-order valence-electron chi connectivity index (χ3n) is 1.35. The molecular formula is C7H10O2. The first kappa shape index (κ1) is 6.60. The minimum Gasteiger partial charge on any atom is -0.394 e. The van der Waals surface area contributed by atoms with Gasteiger partial charge in [0.1, 0.15) is 6.10 Å². The molecular weight excluding hydrogens is 116 g/mol. The van der Waals surface area contributed by atoms with Gasteiger partial charge in [0.05, 0.1) is 12.7 Å². The molecule has 2 heteroatoms. The maximum Gasteiger partial charge on any atom is 0.108 e. The minimum atomic E-state index is 0.0749. The van der Waals surface area contributed by atoms with E-state index in [1.165, 1.54) is 0 Å². The van der Waals surface area contributed by atoms with E-state index >= 15 is 0 Å². The number of ether oxygens (including phenoxy) is 1. The second-order valence-electron chi connectivity index (χ2n) is 2.03. The van der Waals surface area contributed by atoms with Crippen LogP contribution in [0.5, 0.6) is 0 Å². The molecule has 2 atom stereocenters. The first-order chi connectivity index (χ1) is 4.38. The molecule has 0 spiro atoms. The summed E-state index contributed by atoms with van der Waals surface area (Å²) in [6.07, 6.45) is 1.05. The molecule has 1 rings (SSSR count). The third-order valence-corrected chi connectivity index (χ3v) is 1.35. The van der Waals surface area contributed by atoms with Crippen molar-refractivity contribution in [3.8, 4) is 11.8 Å². The summed E-state index contributed by atoms with van der Waals surface area (Å²) >= 11 is 0. The van der Waals surface area contributed by atoms with Crippen LogP contribution >= 0.6 is 0 Å². The average molecular weight is 126 g/mol. The van der Waals surface area contributed by atoms with Crippen molar-refractivity contribution in [1.82, 2.24) is 0 Å². The smallest absolute Gasteiger partial charge is 0.108 e. The highest BCUT2D eigenvalue weighted by molar-refractivity contribution is 5.02. The van der Waals surface area contributed by atoms with Crippen LogP contribution in [0.15, 0.2) is 0 Å². The first-order valence-corrected chi connectivity index (χ1v) is 3.04. The molecule has 0 aliphatic carbocycles. The second-order valence-corrected chi connectivity index (χ2v) is 2.03. The summed E-state index contributed by atoms with van der Waals surface area (Å²) in [6.45, 7) is 1.94. The van der Waals surface area contributed by atoms with Crippen molar-refractivity contribution < 1.29 is 9.84 Å². The van der Waals surface area contributed by atoms with E-state index in [4.69, 9.17) is 9.84 Å². The predicted octanol–water partition coefficient (Wildman–Crippen LogP) is 0.160. The van der Waals surface area contributed by atoms with Crippen LogP contribution in [0.4, 0.5) is 0 Å². The number of hydrogen-bond acceptors (Lipinski definition) is 2. The molecule has 1 N–H and O–H groups in total. The number of rotatable bonds is 2. The van der Waals surface area contributed by atoms with Gasteiger partial charge in [-0.05, 0) is 6.92 Å². The fourth-order valence-corrected chi connectivity index (χ4v) is 0.722. The van der Waals surface area contributed by atoms with Gasteiger partial charge in [0.25, 0.3) is 0 Å². The van der Waals surface area contributed by atoms with Gasteiger partial charge in [-0.15, -0.1) is 11.8 Å². The van der Waals surface area contributed by atoms with Gasteiger partial charge in [-0.3, -0.25) is 0 Å². The van der Waals surface area contributed by atoms with E-state index in [2.05, 4.69) is 11.8 Å². The molecule has 0 bridgehead atoms. The van der Waals surface area contributed by atoms with Gasteiger partial charge in [0, 0.05) is 6.42 Å². The molecule has 0 aromatic heterocycles.